The zero-order valence-corrected chi connectivity index (χ0v) is 13.0. The van der Waals surface area contributed by atoms with Crippen molar-refractivity contribution in [1.29, 1.82) is 0 Å². The van der Waals surface area contributed by atoms with E-state index in [1.165, 1.54) is 0 Å². The molecule has 0 aliphatic rings. The fourth-order valence-electron chi connectivity index (χ4n) is 1.40. The second-order valence-electron chi connectivity index (χ2n) is 3.89. The fourth-order valence-corrected chi connectivity index (χ4v) is 3.11. The van der Waals surface area contributed by atoms with Crippen LogP contribution in [-0.4, -0.2) is 39.9 Å². The van der Waals surface area contributed by atoms with Crippen LogP contribution in [0.15, 0.2) is 21.5 Å². The lowest BCUT2D eigenvalue weighted by Crippen LogP contribution is -2.26. The molecule has 20 heavy (non-hydrogen) atoms. The Bertz CT molecular complexity index is 554. The summed E-state index contributed by atoms with van der Waals surface area (Å²) in [6, 6.07) is 2.07. The minimum atomic E-state index is -3.80. The first-order chi connectivity index (χ1) is 9.38. The van der Waals surface area contributed by atoms with Crippen LogP contribution in [0.25, 0.3) is 0 Å². The standard InChI is InChI=1S/C11H16BrFN2O4S/c12-8-6-11(10(14)7-9(8)13)20(17,18)15-2-1-4-19-5-3-16/h6-7,15-16H,1-5,14H2. The number of nitrogens with one attached hydrogen (secondary N) is 1. The molecule has 0 aliphatic carbocycles. The zero-order chi connectivity index (χ0) is 15.2. The molecular formula is C11H16BrFN2O4S. The van der Waals surface area contributed by atoms with E-state index >= 15 is 0 Å². The van der Waals surface area contributed by atoms with Crippen LogP contribution in [0.4, 0.5) is 10.1 Å². The summed E-state index contributed by atoms with van der Waals surface area (Å²) < 4.78 is 44.5. The Morgan fingerprint density at radius 3 is 2.75 bits per heavy atom. The molecule has 0 saturated heterocycles. The van der Waals surface area contributed by atoms with Crippen LogP contribution < -0.4 is 10.5 Å². The average Bonchev–Trinajstić information content (AvgIpc) is 2.37. The number of ether oxygens (including phenoxy) is 1. The smallest absolute Gasteiger partial charge is 0.242 e. The number of nitrogen functional groups attached to an aromatic ring is 1. The minimum absolute atomic E-state index is 0.0263. The molecule has 0 atom stereocenters. The predicted octanol–water partition coefficient (Wildman–Crippen LogP) is 0.848. The maximum absolute atomic E-state index is 13.2. The number of benzene rings is 1. The molecular weight excluding hydrogens is 355 g/mol. The van der Waals surface area contributed by atoms with E-state index in [9.17, 15) is 12.8 Å². The van der Waals surface area contributed by atoms with Crippen LogP contribution in [0.5, 0.6) is 0 Å². The highest BCUT2D eigenvalue weighted by molar-refractivity contribution is 9.10. The van der Waals surface area contributed by atoms with Gasteiger partial charge in [-0.05, 0) is 34.5 Å². The van der Waals surface area contributed by atoms with E-state index in [0.29, 0.717) is 13.0 Å². The summed E-state index contributed by atoms with van der Waals surface area (Å²) >= 11 is 2.92. The Morgan fingerprint density at radius 2 is 2.10 bits per heavy atom. The lowest BCUT2D eigenvalue weighted by atomic mass is 10.3. The highest BCUT2D eigenvalue weighted by Crippen LogP contribution is 2.25. The maximum atomic E-state index is 13.2. The van der Waals surface area contributed by atoms with Crippen molar-refractivity contribution in [2.24, 2.45) is 0 Å². The molecule has 0 saturated carbocycles. The Labute approximate surface area is 125 Å². The molecule has 6 nitrogen and oxygen atoms in total. The van der Waals surface area contributed by atoms with Crippen LogP contribution in [0.1, 0.15) is 6.42 Å². The molecule has 9 heteroatoms. The molecule has 0 unspecified atom stereocenters. The SMILES string of the molecule is Nc1cc(F)c(Br)cc1S(=O)(=O)NCCCOCCO. The zero-order valence-electron chi connectivity index (χ0n) is 10.6. The Kier molecular flexibility index (Phi) is 6.83. The summed E-state index contributed by atoms with van der Waals surface area (Å²) in [6.07, 6.45) is 0.446. The van der Waals surface area contributed by atoms with Crippen LogP contribution in [0.2, 0.25) is 0 Å². The molecule has 1 aromatic carbocycles. The largest absolute Gasteiger partial charge is 0.398 e. The van der Waals surface area contributed by atoms with Crippen molar-refractivity contribution in [2.75, 3.05) is 32.1 Å². The van der Waals surface area contributed by atoms with E-state index in [0.717, 1.165) is 12.1 Å². The number of aliphatic hydroxyl groups excluding tert-OH is 1. The lowest BCUT2D eigenvalue weighted by Gasteiger charge is -2.10. The molecule has 114 valence electrons. The highest BCUT2D eigenvalue weighted by atomic mass is 79.9. The van der Waals surface area contributed by atoms with E-state index in [1.807, 2.05) is 0 Å². The molecule has 1 aromatic rings. The van der Waals surface area contributed by atoms with Gasteiger partial charge in [-0.1, -0.05) is 0 Å². The first-order valence-electron chi connectivity index (χ1n) is 5.81. The summed E-state index contributed by atoms with van der Waals surface area (Å²) in [6.45, 7) is 0.615. The maximum Gasteiger partial charge on any atom is 0.242 e. The van der Waals surface area contributed by atoms with Crippen LogP contribution in [0, 0.1) is 5.82 Å². The Balaban J connectivity index is 2.63. The average molecular weight is 371 g/mol. The molecule has 4 N–H and O–H groups in total. The van der Waals surface area contributed by atoms with Gasteiger partial charge in [-0.15, -0.1) is 0 Å². The number of hydrogen-bond acceptors (Lipinski definition) is 5. The van der Waals surface area contributed by atoms with Crippen molar-refractivity contribution in [2.45, 2.75) is 11.3 Å². The van der Waals surface area contributed by atoms with Gasteiger partial charge >= 0.3 is 0 Å². The van der Waals surface area contributed by atoms with Gasteiger partial charge in [0.25, 0.3) is 0 Å². The first-order valence-corrected chi connectivity index (χ1v) is 8.09. The Hall–Kier alpha value is -0.740. The first kappa shape index (κ1) is 17.3. The molecule has 0 bridgehead atoms. The number of rotatable bonds is 8. The van der Waals surface area contributed by atoms with E-state index in [2.05, 4.69) is 20.7 Å². The molecule has 0 spiro atoms. The van der Waals surface area contributed by atoms with Crippen molar-refractivity contribution in [3.8, 4) is 0 Å². The van der Waals surface area contributed by atoms with Gasteiger partial charge in [0.1, 0.15) is 10.7 Å². The van der Waals surface area contributed by atoms with E-state index in [1.54, 1.807) is 0 Å². The van der Waals surface area contributed by atoms with Crippen molar-refractivity contribution in [3.05, 3.63) is 22.4 Å². The highest BCUT2D eigenvalue weighted by Gasteiger charge is 2.19. The van der Waals surface area contributed by atoms with Crippen LogP contribution in [0.3, 0.4) is 0 Å². The minimum Gasteiger partial charge on any atom is -0.398 e. The normalized spacial score (nSPS) is 11.8. The van der Waals surface area contributed by atoms with Crippen molar-refractivity contribution >= 4 is 31.6 Å². The number of aliphatic hydroxyl groups is 1. The van der Waals surface area contributed by atoms with Gasteiger partial charge < -0.3 is 15.6 Å². The third-order valence-corrected chi connectivity index (χ3v) is 4.46. The third-order valence-electron chi connectivity index (χ3n) is 2.34. The molecule has 0 aromatic heterocycles. The predicted molar refractivity (Wildman–Crippen MR) is 76.2 cm³/mol. The number of halogens is 2. The molecule has 0 aliphatic heterocycles. The van der Waals surface area contributed by atoms with Crippen LogP contribution in [-0.2, 0) is 14.8 Å². The Morgan fingerprint density at radius 1 is 1.40 bits per heavy atom. The molecule has 0 amide bonds. The van der Waals surface area contributed by atoms with Gasteiger partial charge in [0.15, 0.2) is 0 Å². The molecule has 0 radical (unpaired) electrons. The summed E-state index contributed by atoms with van der Waals surface area (Å²) in [7, 11) is -3.80. The van der Waals surface area contributed by atoms with Crippen LogP contribution >= 0.6 is 15.9 Å². The van der Waals surface area contributed by atoms with Gasteiger partial charge in [0.05, 0.1) is 23.4 Å². The summed E-state index contributed by atoms with van der Waals surface area (Å²) in [5.41, 5.74) is 5.36. The number of sulfonamides is 1. The van der Waals surface area contributed by atoms with E-state index in [-0.39, 0.29) is 34.8 Å². The second kappa shape index (κ2) is 7.89. The molecule has 0 heterocycles. The van der Waals surface area contributed by atoms with E-state index in [4.69, 9.17) is 15.6 Å². The number of hydrogen-bond donors (Lipinski definition) is 3. The monoisotopic (exact) mass is 370 g/mol. The second-order valence-corrected chi connectivity index (χ2v) is 6.48. The number of anilines is 1. The quantitative estimate of drug-likeness (QED) is 0.465. The summed E-state index contributed by atoms with van der Waals surface area (Å²) in [5, 5.41) is 8.49. The van der Waals surface area contributed by atoms with Gasteiger partial charge in [-0.2, -0.15) is 0 Å². The molecule has 1 rings (SSSR count). The van der Waals surface area contributed by atoms with E-state index < -0.39 is 15.8 Å². The van der Waals surface area contributed by atoms with Gasteiger partial charge in [-0.25, -0.2) is 17.5 Å². The van der Waals surface area contributed by atoms with Gasteiger partial charge in [-0.3, -0.25) is 0 Å². The van der Waals surface area contributed by atoms with Crippen molar-refractivity contribution in [3.63, 3.8) is 0 Å². The van der Waals surface area contributed by atoms with Gasteiger partial charge in [0, 0.05) is 13.2 Å². The van der Waals surface area contributed by atoms with Crippen molar-refractivity contribution in [1.82, 2.24) is 4.72 Å². The summed E-state index contributed by atoms with van der Waals surface area (Å²) in [4.78, 5) is -0.179. The third kappa shape index (κ3) is 4.98. The summed E-state index contributed by atoms with van der Waals surface area (Å²) in [5.74, 6) is -0.626. The fraction of sp³-hybridized carbons (Fsp3) is 0.455. The number of nitrogens with two attached hydrogens (primary N) is 1. The van der Waals surface area contributed by atoms with Crippen molar-refractivity contribution < 1.29 is 22.7 Å². The van der Waals surface area contributed by atoms with Gasteiger partial charge in [0.2, 0.25) is 10.0 Å². The lowest BCUT2D eigenvalue weighted by molar-refractivity contribution is 0.0913. The topological polar surface area (TPSA) is 102 Å². The molecule has 0 fully saturated rings.